The van der Waals surface area contributed by atoms with E-state index in [1.54, 1.807) is 0 Å². The molecular weight excluding hydrogens is 939 g/mol. The largest absolute Gasteiger partial charge is 0.309 e. The Morgan fingerprint density at radius 1 is 0.197 bits per heavy atom. The van der Waals surface area contributed by atoms with Crippen LogP contribution in [0.4, 0.5) is 0 Å². The lowest BCUT2D eigenvalue weighted by Gasteiger charge is -2.17. The third-order valence-electron chi connectivity index (χ3n) is 15.8. The van der Waals surface area contributed by atoms with Gasteiger partial charge in [0.15, 0.2) is 0 Å². The Bertz CT molecular complexity index is 4710. The van der Waals surface area contributed by atoms with Crippen LogP contribution in [0.1, 0.15) is 0 Å². The maximum atomic E-state index is 2.47. The van der Waals surface area contributed by atoms with E-state index in [0.717, 1.165) is 22.6 Å². The fourth-order valence-corrected chi connectivity index (χ4v) is 13.8. The molecule has 0 saturated carbocycles. The molecule has 354 valence electrons. The minimum atomic E-state index is 1.12. The van der Waals surface area contributed by atoms with Crippen molar-refractivity contribution in [2.75, 3.05) is 0 Å². The van der Waals surface area contributed by atoms with Gasteiger partial charge >= 0.3 is 0 Å². The van der Waals surface area contributed by atoms with Crippen LogP contribution in [0.3, 0.4) is 0 Å². The first kappa shape index (κ1) is 42.7. The Hall–Kier alpha value is -9.74. The quantitative estimate of drug-likeness (QED) is 0.151. The minimum Gasteiger partial charge on any atom is -0.309 e. The minimum absolute atomic E-state index is 1.12. The molecule has 4 heterocycles. The van der Waals surface area contributed by atoms with Crippen LogP contribution in [-0.2, 0) is 0 Å². The Balaban J connectivity index is 0.922. The number of nitrogens with zero attached hydrogens (tertiary/aromatic N) is 3. The predicted octanol–water partition coefficient (Wildman–Crippen LogP) is 20.0. The summed E-state index contributed by atoms with van der Waals surface area (Å²) >= 11 is 1.91. The van der Waals surface area contributed by atoms with Gasteiger partial charge in [0.2, 0.25) is 0 Å². The van der Waals surface area contributed by atoms with Gasteiger partial charge in [-0.05, 0) is 124 Å². The van der Waals surface area contributed by atoms with Gasteiger partial charge in [0, 0.05) is 75.1 Å². The van der Waals surface area contributed by atoms with Crippen molar-refractivity contribution in [1.82, 2.24) is 13.7 Å². The number of thiophene rings is 1. The standard InChI is InChI=1S/C72H45N3S/c1-2-19-46(20-3-1)50-43-63(51-41-53(74-67-35-12-6-27-58(67)59-28-7-13-36-68(59)74)45-54(42-51)75-69-37-14-8-29-60(69)61-30-9-15-38-70(61)75)72-64(44-50)62-32-18-31-55(71(62)76-72)49-23-16-21-47(39-49)48-22-17-24-52(40-48)73-65-33-10-4-25-56(65)57-26-5-11-34-66(57)73/h1-45H. The SMILES string of the molecule is c1ccc(-c2cc(-c3cc(-n4c5ccccc5c5ccccc54)cc(-n4c5ccccc5c5ccccc54)c3)c3sc4c(-c5cccc(-c6cccc(-n7c8ccccc8c8ccccc87)c6)c5)cccc4c3c2)cc1. The lowest BCUT2D eigenvalue weighted by Crippen LogP contribution is -2.00. The molecule has 0 bridgehead atoms. The lowest BCUT2D eigenvalue weighted by molar-refractivity contribution is 1.13. The first-order valence-electron chi connectivity index (χ1n) is 26.1. The van der Waals surface area contributed by atoms with Crippen LogP contribution in [0, 0.1) is 0 Å². The third-order valence-corrected chi connectivity index (χ3v) is 17.1. The average molecular weight is 984 g/mol. The van der Waals surface area contributed by atoms with Crippen molar-refractivity contribution in [1.29, 1.82) is 0 Å². The van der Waals surface area contributed by atoms with Crippen LogP contribution < -0.4 is 0 Å². The van der Waals surface area contributed by atoms with Crippen molar-refractivity contribution in [3.05, 3.63) is 273 Å². The summed E-state index contributed by atoms with van der Waals surface area (Å²) in [6.45, 7) is 0. The van der Waals surface area contributed by atoms with E-state index in [-0.39, 0.29) is 0 Å². The van der Waals surface area contributed by atoms with E-state index in [1.807, 2.05) is 11.3 Å². The second-order valence-electron chi connectivity index (χ2n) is 20.0. The van der Waals surface area contributed by atoms with Gasteiger partial charge in [0.05, 0.1) is 33.1 Å². The summed E-state index contributed by atoms with van der Waals surface area (Å²) in [6, 6.07) is 101. The van der Waals surface area contributed by atoms with Crippen molar-refractivity contribution in [3.63, 3.8) is 0 Å². The van der Waals surface area contributed by atoms with Crippen LogP contribution >= 0.6 is 11.3 Å². The van der Waals surface area contributed by atoms with Crippen LogP contribution in [0.25, 0.3) is 147 Å². The molecule has 4 heteroatoms. The molecule has 0 aliphatic rings. The Morgan fingerprint density at radius 2 is 0.579 bits per heavy atom. The second-order valence-corrected chi connectivity index (χ2v) is 21.0. The highest BCUT2D eigenvalue weighted by atomic mass is 32.1. The van der Waals surface area contributed by atoms with Gasteiger partial charge in [0.25, 0.3) is 0 Å². The zero-order valence-corrected chi connectivity index (χ0v) is 42.0. The second kappa shape index (κ2) is 16.9. The molecule has 0 atom stereocenters. The van der Waals surface area contributed by atoms with E-state index in [0.29, 0.717) is 0 Å². The molecule has 0 unspecified atom stereocenters. The molecule has 0 N–H and O–H groups in total. The summed E-state index contributed by atoms with van der Waals surface area (Å²) < 4.78 is 9.89. The Morgan fingerprint density at radius 3 is 1.11 bits per heavy atom. The number of fused-ring (bicyclic) bond motifs is 12. The maximum absolute atomic E-state index is 2.47. The van der Waals surface area contributed by atoms with Gasteiger partial charge in [-0.3, -0.25) is 0 Å². The molecule has 76 heavy (non-hydrogen) atoms. The van der Waals surface area contributed by atoms with E-state index in [2.05, 4.69) is 287 Å². The first-order chi connectivity index (χ1) is 37.7. The fourth-order valence-electron chi connectivity index (χ4n) is 12.4. The predicted molar refractivity (Wildman–Crippen MR) is 324 cm³/mol. The highest BCUT2D eigenvalue weighted by Gasteiger charge is 2.22. The summed E-state index contributed by atoms with van der Waals surface area (Å²) in [5.41, 5.74) is 20.1. The summed E-state index contributed by atoms with van der Waals surface area (Å²) in [7, 11) is 0. The van der Waals surface area contributed by atoms with Gasteiger partial charge in [-0.25, -0.2) is 0 Å². The molecular formula is C72H45N3S. The van der Waals surface area contributed by atoms with Gasteiger partial charge in [0.1, 0.15) is 0 Å². The number of benzene rings is 12. The van der Waals surface area contributed by atoms with Gasteiger partial charge in [-0.15, -0.1) is 11.3 Å². The molecule has 0 amide bonds. The zero-order chi connectivity index (χ0) is 49.8. The molecule has 0 aliphatic carbocycles. The van der Waals surface area contributed by atoms with Gasteiger partial charge in [-0.1, -0.05) is 188 Å². The molecule has 16 rings (SSSR count). The van der Waals surface area contributed by atoms with Crippen LogP contribution in [0.2, 0.25) is 0 Å². The summed E-state index contributed by atoms with van der Waals surface area (Å²) in [4.78, 5) is 0. The molecule has 4 aromatic heterocycles. The lowest BCUT2D eigenvalue weighted by atomic mass is 9.94. The highest BCUT2D eigenvalue weighted by molar-refractivity contribution is 7.27. The zero-order valence-electron chi connectivity index (χ0n) is 41.2. The molecule has 0 spiro atoms. The highest BCUT2D eigenvalue weighted by Crippen LogP contribution is 2.48. The number of hydrogen-bond acceptors (Lipinski definition) is 1. The molecule has 0 aliphatic heterocycles. The van der Waals surface area contributed by atoms with E-state index in [1.165, 1.54) is 125 Å². The molecule has 0 fully saturated rings. The Kier molecular flexibility index (Phi) is 9.51. The molecule has 16 aromatic rings. The van der Waals surface area contributed by atoms with Crippen molar-refractivity contribution in [2.24, 2.45) is 0 Å². The smallest absolute Gasteiger partial charge is 0.0541 e. The normalized spacial score (nSPS) is 11.9. The topological polar surface area (TPSA) is 14.8 Å². The third kappa shape index (κ3) is 6.54. The summed E-state index contributed by atoms with van der Waals surface area (Å²) in [5.74, 6) is 0. The fraction of sp³-hybridized carbons (Fsp3) is 0. The average Bonchev–Trinajstić information content (AvgIpc) is 4.29. The Labute approximate surface area is 442 Å². The van der Waals surface area contributed by atoms with E-state index >= 15 is 0 Å². The molecule has 3 nitrogen and oxygen atoms in total. The number of para-hydroxylation sites is 6. The van der Waals surface area contributed by atoms with Crippen LogP contribution in [-0.4, -0.2) is 13.7 Å². The molecule has 0 radical (unpaired) electrons. The van der Waals surface area contributed by atoms with Crippen molar-refractivity contribution in [2.45, 2.75) is 0 Å². The molecule has 12 aromatic carbocycles. The molecule has 0 saturated heterocycles. The first-order valence-corrected chi connectivity index (χ1v) is 26.9. The van der Waals surface area contributed by atoms with Crippen LogP contribution in [0.5, 0.6) is 0 Å². The van der Waals surface area contributed by atoms with Gasteiger partial charge < -0.3 is 13.7 Å². The maximum Gasteiger partial charge on any atom is 0.0541 e. The number of rotatable bonds is 7. The monoisotopic (exact) mass is 983 g/mol. The van der Waals surface area contributed by atoms with Gasteiger partial charge in [-0.2, -0.15) is 0 Å². The van der Waals surface area contributed by atoms with Crippen molar-refractivity contribution in [3.8, 4) is 61.6 Å². The summed E-state index contributed by atoms with van der Waals surface area (Å²) in [6.07, 6.45) is 0. The van der Waals surface area contributed by atoms with Crippen molar-refractivity contribution >= 4 is 96.9 Å². The van der Waals surface area contributed by atoms with Crippen LogP contribution in [0.15, 0.2) is 273 Å². The van der Waals surface area contributed by atoms with E-state index < -0.39 is 0 Å². The van der Waals surface area contributed by atoms with E-state index in [4.69, 9.17) is 0 Å². The van der Waals surface area contributed by atoms with Crippen molar-refractivity contribution < 1.29 is 0 Å². The number of hydrogen-bond donors (Lipinski definition) is 0. The van der Waals surface area contributed by atoms with E-state index in [9.17, 15) is 0 Å². The number of aromatic nitrogens is 3. The summed E-state index contributed by atoms with van der Waals surface area (Å²) in [5, 5.41) is 10.0.